The Morgan fingerprint density at radius 3 is 2.92 bits per heavy atom. The van der Waals surface area contributed by atoms with Gasteiger partial charge in [0.1, 0.15) is 6.23 Å². The van der Waals surface area contributed by atoms with Gasteiger partial charge in [-0.15, -0.1) is 0 Å². The highest BCUT2D eigenvalue weighted by molar-refractivity contribution is 14.1. The van der Waals surface area contributed by atoms with Crippen molar-refractivity contribution in [2.45, 2.75) is 44.9 Å². The van der Waals surface area contributed by atoms with Crippen LogP contribution >= 0.6 is 22.6 Å². The average Bonchev–Trinajstić information content (AvgIpc) is 2.79. The summed E-state index contributed by atoms with van der Waals surface area (Å²) in [6.07, 6.45) is 5.95. The maximum Gasteiger partial charge on any atom is 0.135 e. The number of epoxide rings is 1. The zero-order valence-electron chi connectivity index (χ0n) is 7.68. The third-order valence-corrected chi connectivity index (χ3v) is 2.82. The Morgan fingerprint density at radius 1 is 1.42 bits per heavy atom. The largest absolute Gasteiger partial charge is 0.353 e. The molecule has 0 amide bonds. The van der Waals surface area contributed by atoms with Crippen LogP contribution in [0.1, 0.15) is 32.6 Å². The summed E-state index contributed by atoms with van der Waals surface area (Å²) >= 11 is 2.42. The van der Waals surface area contributed by atoms with Gasteiger partial charge in [-0.2, -0.15) is 0 Å². The summed E-state index contributed by atoms with van der Waals surface area (Å²) in [6.45, 7) is 3.32. The van der Waals surface area contributed by atoms with E-state index in [1.807, 2.05) is 0 Å². The molecule has 3 heteroatoms. The Balaban J connectivity index is 1.83. The van der Waals surface area contributed by atoms with E-state index in [1.165, 1.54) is 30.1 Å². The summed E-state index contributed by atoms with van der Waals surface area (Å²) in [5.41, 5.74) is 0. The molecule has 0 aromatic rings. The summed E-state index contributed by atoms with van der Waals surface area (Å²) in [5, 5.41) is 3.40. The minimum absolute atomic E-state index is 0.388. The van der Waals surface area contributed by atoms with Gasteiger partial charge in [0.15, 0.2) is 0 Å². The first-order valence-electron chi connectivity index (χ1n) is 4.83. The number of halogens is 1. The Bertz CT molecular complexity index is 121. The number of rotatable bonds is 7. The van der Waals surface area contributed by atoms with E-state index in [0.717, 1.165) is 6.54 Å². The highest BCUT2D eigenvalue weighted by Gasteiger charge is 2.36. The van der Waals surface area contributed by atoms with Crippen molar-refractivity contribution in [3.63, 3.8) is 0 Å². The predicted octanol–water partition coefficient (Wildman–Crippen LogP) is 2.32. The van der Waals surface area contributed by atoms with Crippen LogP contribution in [0.15, 0.2) is 0 Å². The van der Waals surface area contributed by atoms with Crippen molar-refractivity contribution in [1.29, 1.82) is 0 Å². The van der Waals surface area contributed by atoms with Crippen LogP contribution in [-0.2, 0) is 4.74 Å². The fourth-order valence-corrected chi connectivity index (χ4v) is 1.83. The number of alkyl halides is 1. The van der Waals surface area contributed by atoms with Crippen LogP contribution in [0, 0.1) is 0 Å². The molecular formula is C9H18INO. The minimum Gasteiger partial charge on any atom is -0.353 e. The van der Waals surface area contributed by atoms with Crippen molar-refractivity contribution in [3.8, 4) is 0 Å². The van der Waals surface area contributed by atoms with Crippen LogP contribution < -0.4 is 5.32 Å². The summed E-state index contributed by atoms with van der Waals surface area (Å²) < 4.78 is 6.69. The van der Waals surface area contributed by atoms with E-state index in [2.05, 4.69) is 34.8 Å². The Labute approximate surface area is 88.6 Å². The van der Waals surface area contributed by atoms with Crippen LogP contribution in [0.25, 0.3) is 0 Å². The van der Waals surface area contributed by atoms with Crippen LogP contribution in [0.3, 0.4) is 0 Å². The molecule has 0 aromatic carbocycles. The minimum atomic E-state index is 0.388. The molecule has 2 atom stereocenters. The number of hydrogen-bond donors (Lipinski definition) is 1. The second kappa shape index (κ2) is 6.16. The molecule has 72 valence electrons. The van der Waals surface area contributed by atoms with E-state index < -0.39 is 0 Å². The lowest BCUT2D eigenvalue weighted by Crippen LogP contribution is -2.21. The molecule has 1 heterocycles. The van der Waals surface area contributed by atoms with Crippen molar-refractivity contribution < 1.29 is 4.74 Å². The quantitative estimate of drug-likeness (QED) is 0.335. The molecule has 0 bridgehead atoms. The zero-order valence-corrected chi connectivity index (χ0v) is 9.84. The number of hydrogen-bond acceptors (Lipinski definition) is 2. The molecule has 1 saturated heterocycles. The van der Waals surface area contributed by atoms with E-state index in [1.54, 1.807) is 0 Å². The lowest BCUT2D eigenvalue weighted by atomic mass is 10.2. The summed E-state index contributed by atoms with van der Waals surface area (Å²) in [4.78, 5) is 0. The molecule has 2 nitrogen and oxygen atoms in total. The van der Waals surface area contributed by atoms with Gasteiger partial charge in [0.05, 0.1) is 6.10 Å². The van der Waals surface area contributed by atoms with E-state index in [0.29, 0.717) is 12.3 Å². The normalized spacial score (nSPS) is 27.5. The standard InChI is InChI=1S/C9H18INO/c1-2-5-8-9(12-8)11-7-4-3-6-10/h8-9,11H,2-7H2,1H3/t8-,9?/m0/s1. The summed E-state index contributed by atoms with van der Waals surface area (Å²) in [7, 11) is 0. The van der Waals surface area contributed by atoms with E-state index >= 15 is 0 Å². The molecule has 1 fully saturated rings. The van der Waals surface area contributed by atoms with Crippen molar-refractivity contribution in [2.75, 3.05) is 11.0 Å². The third kappa shape index (κ3) is 4.05. The van der Waals surface area contributed by atoms with Crippen molar-refractivity contribution in [2.24, 2.45) is 0 Å². The molecule has 1 N–H and O–H groups in total. The van der Waals surface area contributed by atoms with Gasteiger partial charge in [0.2, 0.25) is 0 Å². The maximum absolute atomic E-state index is 5.42. The van der Waals surface area contributed by atoms with Crippen molar-refractivity contribution in [3.05, 3.63) is 0 Å². The van der Waals surface area contributed by atoms with Crippen LogP contribution in [0.5, 0.6) is 0 Å². The Morgan fingerprint density at radius 2 is 2.25 bits per heavy atom. The highest BCUT2D eigenvalue weighted by atomic mass is 127. The average molecular weight is 283 g/mol. The predicted molar refractivity (Wildman–Crippen MR) is 59.7 cm³/mol. The molecule has 0 aromatic heterocycles. The van der Waals surface area contributed by atoms with Gasteiger partial charge in [0, 0.05) is 0 Å². The molecule has 1 unspecified atom stereocenters. The fraction of sp³-hybridized carbons (Fsp3) is 1.00. The maximum atomic E-state index is 5.42. The van der Waals surface area contributed by atoms with Crippen molar-refractivity contribution in [1.82, 2.24) is 5.32 Å². The van der Waals surface area contributed by atoms with Gasteiger partial charge in [-0.25, -0.2) is 0 Å². The van der Waals surface area contributed by atoms with Crippen LogP contribution in [0.2, 0.25) is 0 Å². The van der Waals surface area contributed by atoms with Crippen LogP contribution in [-0.4, -0.2) is 23.3 Å². The van der Waals surface area contributed by atoms with Gasteiger partial charge >= 0.3 is 0 Å². The highest BCUT2D eigenvalue weighted by Crippen LogP contribution is 2.23. The molecule has 0 saturated carbocycles. The number of ether oxygens (including phenoxy) is 1. The summed E-state index contributed by atoms with van der Waals surface area (Å²) in [6, 6.07) is 0. The fourth-order valence-electron chi connectivity index (χ4n) is 1.29. The van der Waals surface area contributed by atoms with Gasteiger partial charge in [-0.1, -0.05) is 35.9 Å². The zero-order chi connectivity index (χ0) is 8.81. The monoisotopic (exact) mass is 283 g/mol. The molecule has 1 aliphatic rings. The third-order valence-electron chi connectivity index (χ3n) is 2.06. The topological polar surface area (TPSA) is 24.6 Å². The van der Waals surface area contributed by atoms with Crippen molar-refractivity contribution >= 4 is 22.6 Å². The number of nitrogens with one attached hydrogen (secondary N) is 1. The second-order valence-electron chi connectivity index (χ2n) is 3.23. The first kappa shape index (κ1) is 10.7. The van der Waals surface area contributed by atoms with Gasteiger partial charge < -0.3 is 4.74 Å². The molecule has 0 aliphatic carbocycles. The second-order valence-corrected chi connectivity index (χ2v) is 4.31. The van der Waals surface area contributed by atoms with E-state index in [-0.39, 0.29) is 0 Å². The molecular weight excluding hydrogens is 265 g/mol. The first-order valence-corrected chi connectivity index (χ1v) is 6.36. The molecule has 0 radical (unpaired) electrons. The molecule has 0 spiro atoms. The first-order chi connectivity index (χ1) is 5.88. The Hall–Kier alpha value is 0.650. The SMILES string of the molecule is CCC[C@@H]1OC1NCCCCI. The Kier molecular flexibility index (Phi) is 5.50. The van der Waals surface area contributed by atoms with Crippen LogP contribution in [0.4, 0.5) is 0 Å². The van der Waals surface area contributed by atoms with E-state index in [4.69, 9.17) is 4.74 Å². The lowest BCUT2D eigenvalue weighted by Gasteiger charge is -1.98. The smallest absolute Gasteiger partial charge is 0.135 e. The van der Waals surface area contributed by atoms with E-state index in [9.17, 15) is 0 Å². The molecule has 1 rings (SSSR count). The van der Waals surface area contributed by atoms with Gasteiger partial charge in [-0.05, 0) is 30.2 Å². The lowest BCUT2D eigenvalue weighted by molar-refractivity contribution is 0.338. The number of unbranched alkanes of at least 4 members (excludes halogenated alkanes) is 1. The van der Waals surface area contributed by atoms with Gasteiger partial charge in [0.25, 0.3) is 0 Å². The molecule has 1 aliphatic heterocycles. The summed E-state index contributed by atoms with van der Waals surface area (Å²) in [5.74, 6) is 0. The molecule has 12 heavy (non-hydrogen) atoms. The van der Waals surface area contributed by atoms with Gasteiger partial charge in [-0.3, -0.25) is 5.32 Å².